The molecule has 124 valence electrons. The van der Waals surface area contributed by atoms with Crippen LogP contribution >= 0.6 is 0 Å². The lowest BCUT2D eigenvalue weighted by Gasteiger charge is -2.04. The van der Waals surface area contributed by atoms with Crippen molar-refractivity contribution in [2.24, 2.45) is 0 Å². The van der Waals surface area contributed by atoms with E-state index in [9.17, 15) is 14.7 Å². The van der Waals surface area contributed by atoms with Crippen LogP contribution in [0.25, 0.3) is 0 Å². The predicted octanol–water partition coefficient (Wildman–Crippen LogP) is 2.53. The average molecular weight is 319 g/mol. The smallest absolute Gasteiger partial charge is 0.338 e. The van der Waals surface area contributed by atoms with Crippen LogP contribution in [-0.4, -0.2) is 36.4 Å². The van der Waals surface area contributed by atoms with Crippen molar-refractivity contribution < 1.29 is 24.2 Å². The van der Waals surface area contributed by atoms with Crippen LogP contribution in [0, 0.1) is 11.3 Å². The Kier molecular flexibility index (Phi) is 8.40. The monoisotopic (exact) mass is 319 g/mol. The Morgan fingerprint density at radius 2 is 2.17 bits per heavy atom. The normalized spacial score (nSPS) is 17.8. The third kappa shape index (κ3) is 7.98. The minimum Gasteiger partial charge on any atom is -0.478 e. The summed E-state index contributed by atoms with van der Waals surface area (Å²) >= 11 is 0. The first-order chi connectivity index (χ1) is 11.1. The Morgan fingerprint density at radius 3 is 2.74 bits per heavy atom. The minimum absolute atomic E-state index is 0.138. The maximum Gasteiger partial charge on any atom is 0.338 e. The Labute approximate surface area is 135 Å². The molecule has 23 heavy (non-hydrogen) atoms. The predicted molar refractivity (Wildman–Crippen MR) is 83.4 cm³/mol. The molecule has 1 fully saturated rings. The van der Waals surface area contributed by atoms with Crippen LogP contribution in [0.4, 0.5) is 0 Å². The number of unbranched alkanes of at least 4 members (excludes halogenated alkanes) is 1. The first-order valence-electron chi connectivity index (χ1n) is 7.57. The Bertz CT molecular complexity index is 550. The molecule has 6 heteroatoms. The van der Waals surface area contributed by atoms with Crippen LogP contribution in [0.2, 0.25) is 0 Å². The molecule has 0 aromatic carbocycles. The zero-order chi connectivity index (χ0) is 17.1. The largest absolute Gasteiger partial charge is 0.478 e. The molecule has 1 atom stereocenters. The maximum atomic E-state index is 11.9. The summed E-state index contributed by atoms with van der Waals surface area (Å²) < 4.78 is 10.1. The van der Waals surface area contributed by atoms with Crippen molar-refractivity contribution in [2.45, 2.75) is 38.7 Å². The van der Waals surface area contributed by atoms with Gasteiger partial charge in [-0.2, -0.15) is 5.26 Å². The first kappa shape index (κ1) is 18.7. The molecule has 1 aliphatic heterocycles. The van der Waals surface area contributed by atoms with Crippen LogP contribution in [0.1, 0.15) is 32.6 Å². The van der Waals surface area contributed by atoms with Crippen molar-refractivity contribution in [1.29, 1.82) is 5.26 Å². The van der Waals surface area contributed by atoms with Crippen LogP contribution in [0.5, 0.6) is 0 Å². The summed E-state index contributed by atoms with van der Waals surface area (Å²) in [7, 11) is 0. The molecule has 0 spiro atoms. The maximum absolute atomic E-state index is 11.9. The van der Waals surface area contributed by atoms with Crippen molar-refractivity contribution in [3.05, 3.63) is 35.5 Å². The molecule has 1 heterocycles. The van der Waals surface area contributed by atoms with Crippen LogP contribution in [0.3, 0.4) is 0 Å². The highest BCUT2D eigenvalue weighted by molar-refractivity contribution is 5.93. The summed E-state index contributed by atoms with van der Waals surface area (Å²) in [4.78, 5) is 23.1. The second-order valence-electron chi connectivity index (χ2n) is 5.06. The summed E-state index contributed by atoms with van der Waals surface area (Å²) in [6.45, 7) is 2.94. The van der Waals surface area contributed by atoms with E-state index in [-0.39, 0.29) is 17.3 Å². The third-order valence-corrected chi connectivity index (χ3v) is 3.18. The van der Waals surface area contributed by atoms with Gasteiger partial charge >= 0.3 is 11.9 Å². The zero-order valence-electron chi connectivity index (χ0n) is 13.2. The summed E-state index contributed by atoms with van der Waals surface area (Å²) in [5, 5.41) is 17.8. The van der Waals surface area contributed by atoms with Gasteiger partial charge in [0.05, 0.1) is 31.0 Å². The van der Waals surface area contributed by atoms with Crippen LogP contribution in [-0.2, 0) is 19.1 Å². The molecule has 0 aromatic rings. The van der Waals surface area contributed by atoms with Gasteiger partial charge < -0.3 is 14.6 Å². The van der Waals surface area contributed by atoms with Gasteiger partial charge in [0.2, 0.25) is 0 Å². The number of carboxylic acid groups (broad SMARTS) is 1. The molecule has 0 bridgehead atoms. The van der Waals surface area contributed by atoms with E-state index in [2.05, 4.69) is 0 Å². The van der Waals surface area contributed by atoms with E-state index in [4.69, 9.17) is 14.7 Å². The topological polar surface area (TPSA) is 99.9 Å². The lowest BCUT2D eigenvalue weighted by atomic mass is 10.1. The second kappa shape index (κ2) is 10.4. The fourth-order valence-electron chi connectivity index (χ4n) is 1.71. The second-order valence-corrected chi connectivity index (χ2v) is 5.06. The van der Waals surface area contributed by atoms with Gasteiger partial charge in [0.25, 0.3) is 0 Å². The molecular formula is C17H21NO5. The molecule has 0 aromatic heterocycles. The number of ether oxygens (including phenoxy) is 2. The molecule has 6 nitrogen and oxygen atoms in total. The standard InChI is InChI=1S/C17H21NO5/c1-2-3-11-22-17(21)14(5-4-10-18)7-6-13(16(19)20)8-9-15-12-23-15/h4-7,15H,2-3,8-9,11-12H2,1H3,(H,19,20). The summed E-state index contributed by atoms with van der Waals surface area (Å²) in [5.41, 5.74) is 0.328. The van der Waals surface area contributed by atoms with Gasteiger partial charge in [-0.3, -0.25) is 0 Å². The van der Waals surface area contributed by atoms with Gasteiger partial charge in [-0.15, -0.1) is 0 Å². The lowest BCUT2D eigenvalue weighted by Crippen LogP contribution is -2.08. The molecule has 1 aliphatic rings. The van der Waals surface area contributed by atoms with Gasteiger partial charge in [0.15, 0.2) is 0 Å². The van der Waals surface area contributed by atoms with Gasteiger partial charge in [-0.1, -0.05) is 19.4 Å². The number of hydrogen-bond donors (Lipinski definition) is 1. The fourth-order valence-corrected chi connectivity index (χ4v) is 1.71. The molecule has 1 saturated heterocycles. The van der Waals surface area contributed by atoms with E-state index in [0.717, 1.165) is 18.9 Å². The first-order valence-corrected chi connectivity index (χ1v) is 7.57. The number of nitriles is 1. The Balaban J connectivity index is 2.79. The average Bonchev–Trinajstić information content (AvgIpc) is 3.34. The molecule has 1 N–H and O–H groups in total. The molecule has 0 amide bonds. The number of aliphatic carboxylic acids is 1. The number of allylic oxidation sites excluding steroid dienone is 3. The summed E-state index contributed by atoms with van der Waals surface area (Å²) in [5.74, 6) is -1.61. The van der Waals surface area contributed by atoms with Crippen LogP contribution in [0.15, 0.2) is 35.5 Å². The van der Waals surface area contributed by atoms with E-state index >= 15 is 0 Å². The van der Waals surface area contributed by atoms with E-state index < -0.39 is 11.9 Å². The Hall–Kier alpha value is -2.39. The summed E-state index contributed by atoms with van der Waals surface area (Å²) in [6.07, 6.45) is 7.99. The van der Waals surface area contributed by atoms with Gasteiger partial charge in [-0.05, 0) is 31.4 Å². The van der Waals surface area contributed by atoms with Crippen LogP contribution < -0.4 is 0 Å². The van der Waals surface area contributed by atoms with Gasteiger partial charge in [-0.25, -0.2) is 9.59 Å². The van der Waals surface area contributed by atoms with Gasteiger partial charge in [0.1, 0.15) is 0 Å². The summed E-state index contributed by atoms with van der Waals surface area (Å²) in [6, 6.07) is 1.80. The number of carboxylic acids is 1. The molecule has 0 radical (unpaired) electrons. The highest BCUT2D eigenvalue weighted by atomic mass is 16.6. The van der Waals surface area contributed by atoms with E-state index in [0.29, 0.717) is 26.1 Å². The minimum atomic E-state index is -1.04. The molecule has 1 rings (SSSR count). The third-order valence-electron chi connectivity index (χ3n) is 3.18. The fraction of sp³-hybridized carbons (Fsp3) is 0.471. The quantitative estimate of drug-likeness (QED) is 0.166. The number of carbonyl (C=O) groups excluding carboxylic acids is 1. The Morgan fingerprint density at radius 1 is 1.43 bits per heavy atom. The number of carbonyl (C=O) groups is 2. The van der Waals surface area contributed by atoms with Crippen molar-refractivity contribution in [2.75, 3.05) is 13.2 Å². The van der Waals surface area contributed by atoms with E-state index in [1.165, 1.54) is 18.2 Å². The molecular weight excluding hydrogens is 298 g/mol. The SMILES string of the molecule is CCCCOC(=O)C(C=CC#N)=CC=C(CCC1CO1)C(=O)O. The highest BCUT2D eigenvalue weighted by Crippen LogP contribution is 2.19. The van der Waals surface area contributed by atoms with Crippen molar-refractivity contribution in [1.82, 2.24) is 0 Å². The van der Waals surface area contributed by atoms with Crippen molar-refractivity contribution in [3.63, 3.8) is 0 Å². The van der Waals surface area contributed by atoms with Crippen molar-refractivity contribution >= 4 is 11.9 Å². The molecule has 0 aliphatic carbocycles. The number of nitrogens with zero attached hydrogens (tertiary/aromatic N) is 1. The lowest BCUT2D eigenvalue weighted by molar-refractivity contribution is -0.138. The van der Waals surface area contributed by atoms with Gasteiger partial charge in [0, 0.05) is 11.6 Å². The van der Waals surface area contributed by atoms with E-state index in [1.54, 1.807) is 6.07 Å². The number of esters is 1. The van der Waals surface area contributed by atoms with E-state index in [1.807, 2.05) is 6.92 Å². The highest BCUT2D eigenvalue weighted by Gasteiger charge is 2.23. The number of hydrogen-bond acceptors (Lipinski definition) is 5. The zero-order valence-corrected chi connectivity index (χ0v) is 13.2. The van der Waals surface area contributed by atoms with Crippen molar-refractivity contribution in [3.8, 4) is 6.07 Å². The number of rotatable bonds is 10. The molecule has 0 saturated carbocycles. The molecule has 1 unspecified atom stereocenters. The number of epoxide rings is 1.